The molecule has 0 spiro atoms. The largest absolute Gasteiger partial charge is 0.316 e. The van der Waals surface area contributed by atoms with Crippen LogP contribution in [0.1, 0.15) is 51.4 Å². The van der Waals surface area contributed by atoms with Gasteiger partial charge in [-0.3, -0.25) is 0 Å². The molecule has 21 heavy (non-hydrogen) atoms. The number of fused-ring (bicyclic) bond motifs is 2. The Bertz CT molecular complexity index is 455. The minimum Gasteiger partial charge on any atom is -0.316 e. The Morgan fingerprint density at radius 3 is 2.52 bits per heavy atom. The van der Waals surface area contributed by atoms with Crippen LogP contribution in [0.2, 0.25) is 0 Å². The van der Waals surface area contributed by atoms with Gasteiger partial charge in [-0.05, 0) is 59.5 Å². The van der Waals surface area contributed by atoms with Crippen LogP contribution in [0.5, 0.6) is 0 Å². The third-order valence-electron chi connectivity index (χ3n) is 5.61. The van der Waals surface area contributed by atoms with Crippen molar-refractivity contribution in [1.29, 1.82) is 0 Å². The van der Waals surface area contributed by atoms with Gasteiger partial charge in [0.05, 0.1) is 0 Å². The first-order valence-corrected chi connectivity index (χ1v) is 8.37. The summed E-state index contributed by atoms with van der Waals surface area (Å²) in [5.41, 5.74) is 0. The molecule has 3 unspecified atom stereocenters. The number of aromatic nitrogens is 3. The van der Waals surface area contributed by atoms with Crippen molar-refractivity contribution >= 4 is 0 Å². The average Bonchev–Trinajstić information content (AvgIpc) is 2.98. The van der Waals surface area contributed by atoms with Crippen LogP contribution in [0.15, 0.2) is 6.33 Å². The second-order valence-corrected chi connectivity index (χ2v) is 7.10. The predicted molar refractivity (Wildman–Crippen MR) is 84.3 cm³/mol. The van der Waals surface area contributed by atoms with E-state index in [1.54, 1.807) is 6.33 Å². The van der Waals surface area contributed by atoms with Crippen molar-refractivity contribution in [2.45, 2.75) is 70.1 Å². The van der Waals surface area contributed by atoms with Crippen molar-refractivity contribution in [3.05, 3.63) is 12.2 Å². The van der Waals surface area contributed by atoms with Gasteiger partial charge in [0.1, 0.15) is 12.2 Å². The number of likely N-dealkylation sites (N-methyl/N-ethyl adjacent to an activating group) is 1. The first kappa shape index (κ1) is 15.0. The van der Waals surface area contributed by atoms with Crippen molar-refractivity contribution in [2.75, 3.05) is 14.1 Å². The zero-order chi connectivity index (χ0) is 15.0. The molecule has 3 heterocycles. The normalized spacial score (nSPS) is 31.0. The Hall–Kier alpha value is -0.940. The molecule has 0 amide bonds. The first-order chi connectivity index (χ1) is 10.1. The number of rotatable bonds is 5. The van der Waals surface area contributed by atoms with E-state index in [1.807, 2.05) is 0 Å². The van der Waals surface area contributed by atoms with Crippen molar-refractivity contribution in [3.8, 4) is 0 Å². The summed E-state index contributed by atoms with van der Waals surface area (Å²) in [5, 5.41) is 7.93. The SMILES string of the molecule is CNC(Cc1ncnn1C(C)C)C1CC2CCC(C1)N2C. The molecule has 2 aliphatic rings. The summed E-state index contributed by atoms with van der Waals surface area (Å²) in [6.45, 7) is 4.34. The van der Waals surface area contributed by atoms with Gasteiger partial charge in [-0.2, -0.15) is 5.10 Å². The molecule has 5 heteroatoms. The lowest BCUT2D eigenvalue weighted by molar-refractivity contribution is 0.113. The third kappa shape index (κ3) is 2.86. The molecule has 1 N–H and O–H groups in total. The van der Waals surface area contributed by atoms with Gasteiger partial charge < -0.3 is 10.2 Å². The fourth-order valence-corrected chi connectivity index (χ4v) is 4.33. The Morgan fingerprint density at radius 1 is 1.29 bits per heavy atom. The molecule has 0 aliphatic carbocycles. The van der Waals surface area contributed by atoms with Gasteiger partial charge in [0.2, 0.25) is 0 Å². The maximum Gasteiger partial charge on any atom is 0.138 e. The predicted octanol–water partition coefficient (Wildman–Crippen LogP) is 1.86. The van der Waals surface area contributed by atoms with Crippen molar-refractivity contribution < 1.29 is 0 Å². The number of hydrogen-bond acceptors (Lipinski definition) is 4. The van der Waals surface area contributed by atoms with Gasteiger partial charge >= 0.3 is 0 Å². The lowest BCUT2D eigenvalue weighted by Gasteiger charge is -2.39. The van der Waals surface area contributed by atoms with Gasteiger partial charge in [0, 0.05) is 30.6 Å². The van der Waals surface area contributed by atoms with E-state index in [9.17, 15) is 0 Å². The molecule has 0 saturated carbocycles. The third-order valence-corrected chi connectivity index (χ3v) is 5.61. The minimum absolute atomic E-state index is 0.383. The van der Waals surface area contributed by atoms with E-state index < -0.39 is 0 Å². The Balaban J connectivity index is 1.70. The number of hydrogen-bond donors (Lipinski definition) is 1. The van der Waals surface area contributed by atoms with E-state index in [0.717, 1.165) is 30.2 Å². The van der Waals surface area contributed by atoms with E-state index >= 15 is 0 Å². The van der Waals surface area contributed by atoms with E-state index in [-0.39, 0.29) is 0 Å². The Labute approximate surface area is 128 Å². The highest BCUT2D eigenvalue weighted by Gasteiger charge is 2.40. The lowest BCUT2D eigenvalue weighted by atomic mass is 9.83. The molecular formula is C16H29N5. The van der Waals surface area contributed by atoms with E-state index in [4.69, 9.17) is 0 Å². The molecular weight excluding hydrogens is 262 g/mol. The molecule has 0 radical (unpaired) electrons. The Morgan fingerprint density at radius 2 is 1.95 bits per heavy atom. The fraction of sp³-hybridized carbons (Fsp3) is 0.875. The van der Waals surface area contributed by atoms with Gasteiger partial charge in [-0.1, -0.05) is 0 Å². The monoisotopic (exact) mass is 291 g/mol. The zero-order valence-corrected chi connectivity index (χ0v) is 13.8. The summed E-state index contributed by atoms with van der Waals surface area (Å²) in [4.78, 5) is 7.10. The summed E-state index contributed by atoms with van der Waals surface area (Å²) in [5.74, 6) is 1.89. The smallest absolute Gasteiger partial charge is 0.138 e. The summed E-state index contributed by atoms with van der Waals surface area (Å²) >= 11 is 0. The van der Waals surface area contributed by atoms with Crippen molar-refractivity contribution in [3.63, 3.8) is 0 Å². The van der Waals surface area contributed by atoms with Crippen LogP contribution in [0.4, 0.5) is 0 Å². The Kier molecular flexibility index (Phi) is 4.31. The number of piperidine rings is 1. The summed E-state index contributed by atoms with van der Waals surface area (Å²) < 4.78 is 2.06. The molecule has 1 aromatic rings. The number of nitrogens with zero attached hydrogens (tertiary/aromatic N) is 4. The quantitative estimate of drug-likeness (QED) is 0.899. The molecule has 3 atom stereocenters. The van der Waals surface area contributed by atoms with Gasteiger partial charge in [-0.15, -0.1) is 0 Å². The first-order valence-electron chi connectivity index (χ1n) is 8.37. The molecule has 3 rings (SSSR count). The molecule has 118 valence electrons. The average molecular weight is 291 g/mol. The van der Waals surface area contributed by atoms with Crippen LogP contribution in [-0.4, -0.2) is 51.9 Å². The molecule has 1 aromatic heterocycles. The van der Waals surface area contributed by atoms with Crippen molar-refractivity contribution in [1.82, 2.24) is 25.0 Å². The summed E-state index contributed by atoms with van der Waals surface area (Å²) in [7, 11) is 4.41. The summed E-state index contributed by atoms with van der Waals surface area (Å²) in [6.07, 6.45) is 8.11. The van der Waals surface area contributed by atoms with Crippen LogP contribution < -0.4 is 5.32 Å². The topological polar surface area (TPSA) is 46.0 Å². The lowest BCUT2D eigenvalue weighted by Crippen LogP contribution is -2.47. The van der Waals surface area contributed by atoms with E-state index in [1.165, 1.54) is 25.7 Å². The molecule has 5 nitrogen and oxygen atoms in total. The van der Waals surface area contributed by atoms with Gasteiger partial charge in [0.25, 0.3) is 0 Å². The second-order valence-electron chi connectivity index (χ2n) is 7.10. The molecule has 0 aromatic carbocycles. The maximum absolute atomic E-state index is 4.49. The van der Waals surface area contributed by atoms with Crippen LogP contribution in [0, 0.1) is 5.92 Å². The van der Waals surface area contributed by atoms with Crippen molar-refractivity contribution in [2.24, 2.45) is 5.92 Å². The molecule has 2 fully saturated rings. The second kappa shape index (κ2) is 6.05. The van der Waals surface area contributed by atoms with E-state index in [0.29, 0.717) is 12.1 Å². The highest BCUT2D eigenvalue weighted by Crippen LogP contribution is 2.39. The summed E-state index contributed by atoms with van der Waals surface area (Å²) in [6, 6.07) is 2.50. The number of nitrogens with one attached hydrogen (secondary N) is 1. The highest BCUT2D eigenvalue weighted by molar-refractivity contribution is 5.00. The van der Waals surface area contributed by atoms with Crippen LogP contribution in [0.25, 0.3) is 0 Å². The molecule has 2 bridgehead atoms. The van der Waals surface area contributed by atoms with Gasteiger partial charge in [-0.25, -0.2) is 9.67 Å². The zero-order valence-electron chi connectivity index (χ0n) is 13.8. The fourth-order valence-electron chi connectivity index (χ4n) is 4.33. The minimum atomic E-state index is 0.383. The molecule has 2 saturated heterocycles. The van der Waals surface area contributed by atoms with Crippen LogP contribution >= 0.6 is 0 Å². The van der Waals surface area contributed by atoms with E-state index in [2.05, 4.69) is 52.9 Å². The molecule has 2 aliphatic heterocycles. The van der Waals surface area contributed by atoms with Crippen LogP contribution in [-0.2, 0) is 6.42 Å². The van der Waals surface area contributed by atoms with Crippen LogP contribution in [0.3, 0.4) is 0 Å². The highest BCUT2D eigenvalue weighted by atomic mass is 15.3. The van der Waals surface area contributed by atoms with Gasteiger partial charge in [0.15, 0.2) is 0 Å². The standard InChI is InChI=1S/C16H29N5/c1-11(2)21-16(18-10-19-21)9-15(17-3)12-7-13-5-6-14(8-12)20(13)4/h10-15,17H,5-9H2,1-4H3. The maximum atomic E-state index is 4.49.